The predicted molar refractivity (Wildman–Crippen MR) is 103 cm³/mol. The number of thiophene rings is 1. The Hall–Kier alpha value is -2.73. The zero-order chi connectivity index (χ0) is 18.5. The van der Waals surface area contributed by atoms with Crippen LogP contribution < -0.4 is 5.32 Å². The Morgan fingerprint density at radius 2 is 2.08 bits per heavy atom. The van der Waals surface area contributed by atoms with E-state index in [-0.39, 0.29) is 11.7 Å². The number of halogens is 1. The summed E-state index contributed by atoms with van der Waals surface area (Å²) >= 11 is 1.69. The maximum atomic E-state index is 13.5. The molecule has 0 aliphatic rings. The van der Waals surface area contributed by atoms with E-state index in [1.807, 2.05) is 30.0 Å². The summed E-state index contributed by atoms with van der Waals surface area (Å²) in [5, 5.41) is 9.43. The second-order valence-corrected chi connectivity index (χ2v) is 6.84. The average molecular weight is 369 g/mol. The molecule has 26 heavy (non-hydrogen) atoms. The van der Waals surface area contributed by atoms with Gasteiger partial charge in [0.15, 0.2) is 0 Å². The first-order valence-electron chi connectivity index (χ1n) is 8.34. The number of aromatic nitrogens is 2. The van der Waals surface area contributed by atoms with E-state index in [4.69, 9.17) is 0 Å². The molecular formula is C20H20FN3OS. The van der Waals surface area contributed by atoms with E-state index in [1.165, 1.54) is 23.1 Å². The van der Waals surface area contributed by atoms with E-state index >= 15 is 0 Å². The molecule has 0 atom stereocenters. The number of amides is 1. The Labute approximate surface area is 156 Å². The average Bonchev–Trinajstić information content (AvgIpc) is 3.22. The summed E-state index contributed by atoms with van der Waals surface area (Å²) in [7, 11) is 0. The van der Waals surface area contributed by atoms with Crippen molar-refractivity contribution >= 4 is 23.3 Å². The molecule has 0 bridgehead atoms. The van der Waals surface area contributed by atoms with Gasteiger partial charge in [-0.15, -0.1) is 11.3 Å². The Bertz CT molecular complexity index is 929. The van der Waals surface area contributed by atoms with Crippen molar-refractivity contribution in [2.24, 2.45) is 0 Å². The number of benzene rings is 1. The number of aryl methyl sites for hydroxylation is 1. The van der Waals surface area contributed by atoms with Crippen molar-refractivity contribution in [1.29, 1.82) is 0 Å². The molecule has 0 radical (unpaired) electrons. The zero-order valence-electron chi connectivity index (χ0n) is 14.7. The van der Waals surface area contributed by atoms with Crippen LogP contribution in [0.4, 0.5) is 4.39 Å². The van der Waals surface area contributed by atoms with Crippen LogP contribution in [0.15, 0.2) is 47.9 Å². The van der Waals surface area contributed by atoms with Gasteiger partial charge in [-0.3, -0.25) is 9.48 Å². The van der Waals surface area contributed by atoms with Gasteiger partial charge in [-0.25, -0.2) is 4.39 Å². The molecule has 3 rings (SSSR count). The molecule has 3 aromatic rings. The van der Waals surface area contributed by atoms with E-state index in [9.17, 15) is 9.18 Å². The molecule has 2 heterocycles. The van der Waals surface area contributed by atoms with Crippen molar-refractivity contribution in [1.82, 2.24) is 15.1 Å². The molecule has 134 valence electrons. The van der Waals surface area contributed by atoms with Gasteiger partial charge in [0.25, 0.3) is 0 Å². The second-order valence-electron chi connectivity index (χ2n) is 5.89. The molecule has 2 aromatic heterocycles. The summed E-state index contributed by atoms with van der Waals surface area (Å²) in [6.45, 7) is 5.06. The van der Waals surface area contributed by atoms with Crippen LogP contribution in [0, 0.1) is 19.7 Å². The highest BCUT2D eigenvalue weighted by molar-refractivity contribution is 7.13. The lowest BCUT2D eigenvalue weighted by Crippen LogP contribution is -2.26. The smallest absolute Gasteiger partial charge is 0.244 e. The molecule has 0 spiro atoms. The highest BCUT2D eigenvalue weighted by Crippen LogP contribution is 2.30. The van der Waals surface area contributed by atoms with Crippen LogP contribution in [0.25, 0.3) is 16.5 Å². The van der Waals surface area contributed by atoms with Gasteiger partial charge in [-0.1, -0.05) is 24.3 Å². The quantitative estimate of drug-likeness (QED) is 0.662. The van der Waals surface area contributed by atoms with Crippen LogP contribution >= 0.6 is 11.3 Å². The summed E-state index contributed by atoms with van der Waals surface area (Å²) in [5.74, 6) is -0.603. The van der Waals surface area contributed by atoms with Gasteiger partial charge in [-0.05, 0) is 37.4 Å². The highest BCUT2D eigenvalue weighted by Gasteiger charge is 2.13. The molecule has 1 N–H and O–H groups in total. The molecule has 0 aliphatic heterocycles. The third-order valence-electron chi connectivity index (χ3n) is 4.09. The minimum atomic E-state index is -0.347. The second kappa shape index (κ2) is 8.10. The summed E-state index contributed by atoms with van der Waals surface area (Å²) in [6.07, 6.45) is 2.82. The fourth-order valence-electron chi connectivity index (χ4n) is 2.81. The van der Waals surface area contributed by atoms with Crippen LogP contribution in [-0.2, 0) is 11.3 Å². The molecule has 1 aromatic carbocycles. The van der Waals surface area contributed by atoms with Crippen LogP contribution in [-0.4, -0.2) is 22.2 Å². The lowest BCUT2D eigenvalue weighted by molar-refractivity contribution is -0.116. The first kappa shape index (κ1) is 18.1. The minimum absolute atomic E-state index is 0.256. The number of hydrogen-bond acceptors (Lipinski definition) is 3. The Morgan fingerprint density at radius 3 is 2.81 bits per heavy atom. The largest absolute Gasteiger partial charge is 0.351 e. The van der Waals surface area contributed by atoms with Gasteiger partial charge < -0.3 is 5.32 Å². The maximum absolute atomic E-state index is 13.5. The third-order valence-corrected chi connectivity index (χ3v) is 4.98. The minimum Gasteiger partial charge on any atom is -0.351 e. The van der Waals surface area contributed by atoms with Gasteiger partial charge >= 0.3 is 0 Å². The molecule has 0 saturated heterocycles. The number of nitrogens with zero attached hydrogens (tertiary/aromatic N) is 2. The maximum Gasteiger partial charge on any atom is 0.244 e. The van der Waals surface area contributed by atoms with Crippen LogP contribution in [0.3, 0.4) is 0 Å². The summed E-state index contributed by atoms with van der Waals surface area (Å²) in [5.41, 5.74) is 3.62. The van der Waals surface area contributed by atoms with E-state index in [2.05, 4.69) is 16.5 Å². The van der Waals surface area contributed by atoms with Gasteiger partial charge in [0.2, 0.25) is 5.91 Å². The number of nitrogens with one attached hydrogen (secondary N) is 1. The molecular weight excluding hydrogens is 349 g/mol. The molecule has 6 heteroatoms. The number of hydrogen-bond donors (Lipinski definition) is 1. The van der Waals surface area contributed by atoms with Crippen molar-refractivity contribution in [3.05, 3.63) is 70.6 Å². The van der Waals surface area contributed by atoms with Gasteiger partial charge in [-0.2, -0.15) is 5.10 Å². The lowest BCUT2D eigenvalue weighted by Gasteiger charge is -2.06. The van der Waals surface area contributed by atoms with E-state index in [0.29, 0.717) is 18.7 Å². The van der Waals surface area contributed by atoms with E-state index in [1.54, 1.807) is 29.5 Å². The monoisotopic (exact) mass is 369 g/mol. The summed E-state index contributed by atoms with van der Waals surface area (Å²) < 4.78 is 15.4. The topological polar surface area (TPSA) is 46.9 Å². The molecule has 1 amide bonds. The van der Waals surface area contributed by atoms with E-state index in [0.717, 1.165) is 17.0 Å². The Balaban J connectivity index is 1.58. The van der Waals surface area contributed by atoms with Crippen molar-refractivity contribution in [3.63, 3.8) is 0 Å². The first-order chi connectivity index (χ1) is 12.6. The fraction of sp³-hybridized carbons (Fsp3) is 0.200. The lowest BCUT2D eigenvalue weighted by atomic mass is 10.1. The fourth-order valence-corrected chi connectivity index (χ4v) is 3.69. The Kier molecular flexibility index (Phi) is 5.63. The molecule has 0 fully saturated rings. The molecule has 0 aliphatic carbocycles. The number of carbonyl (C=O) groups excluding carboxylic acids is 1. The molecule has 0 unspecified atom stereocenters. The van der Waals surface area contributed by atoms with Gasteiger partial charge in [0.1, 0.15) is 5.82 Å². The van der Waals surface area contributed by atoms with Crippen LogP contribution in [0.2, 0.25) is 0 Å². The third kappa shape index (κ3) is 4.08. The standard InChI is InChI=1S/C20H20FN3OS/c1-14-20(18-8-5-13-26-18)15(2)24(23-14)12-11-22-19(25)10-9-16-6-3-4-7-17(16)21/h3-10,13H,11-12H2,1-2H3,(H,22,25)/b10-9+. The van der Waals surface area contributed by atoms with Crippen LogP contribution in [0.1, 0.15) is 17.0 Å². The zero-order valence-corrected chi connectivity index (χ0v) is 15.5. The number of rotatable bonds is 6. The molecule has 4 nitrogen and oxygen atoms in total. The van der Waals surface area contributed by atoms with Crippen molar-refractivity contribution in [3.8, 4) is 10.4 Å². The molecule has 0 saturated carbocycles. The summed E-state index contributed by atoms with van der Waals surface area (Å²) in [4.78, 5) is 13.1. The predicted octanol–water partition coefficient (Wildman–Crippen LogP) is 4.20. The van der Waals surface area contributed by atoms with Crippen molar-refractivity contribution in [2.45, 2.75) is 20.4 Å². The van der Waals surface area contributed by atoms with E-state index < -0.39 is 0 Å². The Morgan fingerprint density at radius 1 is 1.27 bits per heavy atom. The van der Waals surface area contributed by atoms with Crippen molar-refractivity contribution in [2.75, 3.05) is 6.54 Å². The van der Waals surface area contributed by atoms with Crippen molar-refractivity contribution < 1.29 is 9.18 Å². The van der Waals surface area contributed by atoms with Gasteiger partial charge in [0.05, 0.1) is 12.2 Å². The SMILES string of the molecule is Cc1nn(CCNC(=O)/C=C/c2ccccc2F)c(C)c1-c1cccs1. The van der Waals surface area contributed by atoms with Crippen LogP contribution in [0.5, 0.6) is 0 Å². The highest BCUT2D eigenvalue weighted by atomic mass is 32.1. The van der Waals surface area contributed by atoms with Gasteiger partial charge in [0, 0.05) is 34.3 Å². The first-order valence-corrected chi connectivity index (χ1v) is 9.22. The normalized spacial score (nSPS) is 11.2. The summed E-state index contributed by atoms with van der Waals surface area (Å²) in [6, 6.07) is 10.5. The number of carbonyl (C=O) groups is 1.